The number of nitrogens with zero attached hydrogens (tertiary/aromatic N) is 6. The zero-order valence-electron chi connectivity index (χ0n) is 31.4. The summed E-state index contributed by atoms with van der Waals surface area (Å²) in [5.74, 6) is -2.18. The molecule has 15 heteroatoms. The summed E-state index contributed by atoms with van der Waals surface area (Å²) in [7, 11) is 1.78. The van der Waals surface area contributed by atoms with E-state index in [4.69, 9.17) is 19.6 Å². The molecule has 294 valence electrons. The van der Waals surface area contributed by atoms with Crippen molar-refractivity contribution in [2.24, 2.45) is 7.05 Å². The van der Waals surface area contributed by atoms with Gasteiger partial charge in [-0.15, -0.1) is 11.3 Å². The molecule has 10 nitrogen and oxygen atoms in total. The number of benzene rings is 1. The molecule has 0 saturated heterocycles. The third-order valence-electron chi connectivity index (χ3n) is 9.47. The number of hydrogen-bond acceptors (Lipinski definition) is 8. The van der Waals surface area contributed by atoms with Gasteiger partial charge >= 0.3 is 0 Å². The lowest BCUT2D eigenvalue weighted by molar-refractivity contribution is -0.129. The van der Waals surface area contributed by atoms with E-state index in [1.807, 2.05) is 38.3 Å². The van der Waals surface area contributed by atoms with Crippen molar-refractivity contribution in [2.45, 2.75) is 52.1 Å². The Morgan fingerprint density at radius 1 is 1.18 bits per heavy atom. The number of carbonyl (C=O) groups is 1. The molecule has 1 aromatic carbocycles. The first-order chi connectivity index (χ1) is 27.0. The average Bonchev–Trinajstić information content (AvgIpc) is 3.91. The third-order valence-corrected chi connectivity index (χ3v) is 10.4. The highest BCUT2D eigenvalue weighted by molar-refractivity contribution is 7.17. The highest BCUT2D eigenvalue weighted by atomic mass is 32.1. The number of allylic oxidation sites excluding steroid dienone is 2. The van der Waals surface area contributed by atoms with E-state index in [2.05, 4.69) is 11.7 Å². The minimum atomic E-state index is -2.75. The monoisotopic (exact) mass is 790 g/mol. The first-order valence-electron chi connectivity index (χ1n) is 18.2. The molecule has 0 fully saturated rings. The maximum atomic E-state index is 16.0. The van der Waals surface area contributed by atoms with Crippen LogP contribution in [0.5, 0.6) is 5.75 Å². The largest absolute Gasteiger partial charge is 0.493 e. The van der Waals surface area contributed by atoms with Gasteiger partial charge in [-0.05, 0) is 43.0 Å². The van der Waals surface area contributed by atoms with E-state index >= 15 is 4.39 Å². The van der Waals surface area contributed by atoms with E-state index in [-0.39, 0.29) is 37.7 Å². The number of aromatic nitrogens is 5. The second kappa shape index (κ2) is 17.5. The van der Waals surface area contributed by atoms with Crippen molar-refractivity contribution >= 4 is 46.1 Å². The summed E-state index contributed by atoms with van der Waals surface area (Å²) in [6.07, 6.45) is 7.50. The molecule has 4 aromatic heterocycles. The van der Waals surface area contributed by atoms with E-state index in [0.29, 0.717) is 73.8 Å². The van der Waals surface area contributed by atoms with Gasteiger partial charge in [-0.25, -0.2) is 17.6 Å². The van der Waals surface area contributed by atoms with Gasteiger partial charge in [0.1, 0.15) is 29.8 Å². The number of ether oxygens (including phenoxy) is 2. The number of hydrogen-bond donors (Lipinski definition) is 1. The molecule has 2 unspecified atom stereocenters. The second-order valence-corrected chi connectivity index (χ2v) is 13.7. The van der Waals surface area contributed by atoms with Crippen molar-refractivity contribution in [1.29, 1.82) is 0 Å². The first-order valence-corrected chi connectivity index (χ1v) is 19.1. The van der Waals surface area contributed by atoms with E-state index in [0.717, 1.165) is 12.1 Å². The summed E-state index contributed by atoms with van der Waals surface area (Å²) in [5.41, 5.74) is 2.83. The number of carbonyl (C=O) groups excluding carboxylic acids is 1. The van der Waals surface area contributed by atoms with Gasteiger partial charge in [-0.2, -0.15) is 10.2 Å². The molecule has 5 aromatic rings. The van der Waals surface area contributed by atoms with Crippen molar-refractivity contribution < 1.29 is 36.9 Å². The molecule has 2 aliphatic heterocycles. The number of pyridine rings is 1. The molecule has 0 radical (unpaired) electrons. The van der Waals surface area contributed by atoms with Crippen molar-refractivity contribution in [3.63, 3.8) is 0 Å². The fraction of sp³-hybridized carbons (Fsp3) is 0.317. The van der Waals surface area contributed by atoms with E-state index in [9.17, 15) is 23.1 Å². The quantitative estimate of drug-likeness (QED) is 0.0774. The lowest BCUT2D eigenvalue weighted by Crippen LogP contribution is -2.40. The molecule has 0 spiro atoms. The van der Waals surface area contributed by atoms with Gasteiger partial charge in [0.15, 0.2) is 0 Å². The Morgan fingerprint density at radius 2 is 1.98 bits per heavy atom. The number of rotatable bonds is 9. The summed E-state index contributed by atoms with van der Waals surface area (Å²) < 4.78 is 72.7. The minimum absolute atomic E-state index is 0.0583. The topological polar surface area (TPSA) is 108 Å². The molecule has 2 atom stereocenters. The summed E-state index contributed by atoms with van der Waals surface area (Å²) in [4.78, 5) is 19.6. The van der Waals surface area contributed by atoms with Crippen molar-refractivity contribution in [1.82, 2.24) is 29.4 Å². The van der Waals surface area contributed by atoms with Crippen LogP contribution in [0.4, 0.5) is 17.6 Å². The van der Waals surface area contributed by atoms with E-state index in [1.165, 1.54) is 22.3 Å². The van der Waals surface area contributed by atoms with Crippen LogP contribution in [0.2, 0.25) is 0 Å². The van der Waals surface area contributed by atoms with Crippen LogP contribution in [-0.4, -0.2) is 73.2 Å². The lowest BCUT2D eigenvalue weighted by Gasteiger charge is -2.33. The predicted molar refractivity (Wildman–Crippen MR) is 208 cm³/mol. The van der Waals surface area contributed by atoms with Crippen LogP contribution in [0.3, 0.4) is 0 Å². The fourth-order valence-corrected chi connectivity index (χ4v) is 7.86. The van der Waals surface area contributed by atoms with Gasteiger partial charge in [0.2, 0.25) is 5.91 Å². The van der Waals surface area contributed by atoms with Crippen molar-refractivity contribution in [3.8, 4) is 16.9 Å². The molecular formula is C41H42F4N6O4S. The molecule has 6 heterocycles. The molecule has 0 aliphatic carbocycles. The van der Waals surface area contributed by atoms with Gasteiger partial charge < -0.3 is 19.5 Å². The maximum Gasteiger partial charge on any atom is 0.257 e. The Balaban J connectivity index is 0.00000262. The van der Waals surface area contributed by atoms with Gasteiger partial charge in [0, 0.05) is 70.7 Å². The van der Waals surface area contributed by atoms with Gasteiger partial charge in [0.25, 0.3) is 6.43 Å². The number of amides is 1. The van der Waals surface area contributed by atoms with Crippen LogP contribution in [0.25, 0.3) is 39.9 Å². The second-order valence-electron chi connectivity index (χ2n) is 12.8. The van der Waals surface area contributed by atoms with Crippen LogP contribution < -0.4 is 15.3 Å². The van der Waals surface area contributed by atoms with Crippen molar-refractivity contribution in [3.05, 3.63) is 111 Å². The average molecular weight is 791 g/mol. The summed E-state index contributed by atoms with van der Waals surface area (Å²) in [5, 5.41) is 22.4. The molecular weight excluding hydrogens is 749 g/mol. The maximum absolute atomic E-state index is 16.0. The highest BCUT2D eigenvalue weighted by Gasteiger charge is 2.34. The Labute approximate surface area is 325 Å². The normalized spacial score (nSPS) is 17.4. The molecule has 1 amide bonds. The number of aliphatic hydroxyl groups is 1. The lowest BCUT2D eigenvalue weighted by atomic mass is 9.88. The molecule has 2 aliphatic rings. The summed E-state index contributed by atoms with van der Waals surface area (Å²) in [6.45, 7) is 10.6. The van der Waals surface area contributed by atoms with E-state index < -0.39 is 35.9 Å². The zero-order chi connectivity index (χ0) is 40.1. The molecule has 56 heavy (non-hydrogen) atoms. The van der Waals surface area contributed by atoms with Crippen LogP contribution in [0.1, 0.15) is 61.9 Å². The zero-order valence-corrected chi connectivity index (χ0v) is 32.2. The number of thiophene rings is 1. The van der Waals surface area contributed by atoms with E-state index in [1.54, 1.807) is 46.9 Å². The minimum Gasteiger partial charge on any atom is -0.493 e. The number of halogens is 4. The third kappa shape index (κ3) is 8.19. The van der Waals surface area contributed by atoms with Crippen molar-refractivity contribution in [2.75, 3.05) is 26.4 Å². The number of aryl methyl sites for hydroxylation is 1. The molecule has 1 N–H and O–H groups in total. The Morgan fingerprint density at radius 3 is 2.71 bits per heavy atom. The Kier molecular flexibility index (Phi) is 12.5. The van der Waals surface area contributed by atoms with Gasteiger partial charge in [0.05, 0.1) is 65.7 Å². The molecule has 0 saturated carbocycles. The SMILES string of the molecule is C=c1cnn(C)/c1=C/C(=C/c1nc2c(c3sccc13)-c1c(F)cc(F)cc1OCCC2c1cc2n(n1)CCN(C(=O)/C=C/C(F)F)C2C)OC/C=C/CO.CC. The summed E-state index contributed by atoms with van der Waals surface area (Å²) in [6, 6.07) is 5.26. The fourth-order valence-electron chi connectivity index (χ4n) is 6.89. The van der Waals surface area contributed by atoms with Crippen LogP contribution in [0.15, 0.2) is 65.9 Å². The molecule has 7 rings (SSSR count). The smallest absolute Gasteiger partial charge is 0.257 e. The van der Waals surface area contributed by atoms with Gasteiger partial charge in [-0.3, -0.25) is 19.1 Å². The molecule has 0 bridgehead atoms. The number of alkyl halides is 2. The van der Waals surface area contributed by atoms with Crippen LogP contribution in [-0.2, 0) is 23.1 Å². The predicted octanol–water partition coefficient (Wildman–Crippen LogP) is 6.63. The van der Waals surface area contributed by atoms with Gasteiger partial charge in [-0.1, -0.05) is 26.5 Å². The first kappa shape index (κ1) is 40.1. The number of aliphatic hydroxyl groups excluding tert-OH is 1. The standard InChI is InChI=1S/C39H36F4N6O4S.C2H6/c1-22-21-44-47(3)31(22)19-25(52-13-5-4-12-50)18-29-27-9-15-54-39(27)37-36-28(41)16-24(40)17-33(36)53-14-8-26(38(37)45-29)30-20-32-23(2)48(10-11-49(32)46-30)35(51)7-6-34(42)43;1-2/h4-7,9,15-21,23,26,34,50H,1,8,10-14H2,2-3H3;1-2H3/b5-4+,7-6+,25-18-,31-19+;. The summed E-state index contributed by atoms with van der Waals surface area (Å²) >= 11 is 1.38. The van der Waals surface area contributed by atoms with Crippen LogP contribution in [0, 0.1) is 11.6 Å². The Hall–Kier alpha value is -5.54. The number of fused-ring (bicyclic) bond motifs is 6. The van der Waals surface area contributed by atoms with Crippen LogP contribution >= 0.6 is 11.3 Å². The Bertz CT molecular complexity index is 2430. The highest BCUT2D eigenvalue weighted by Crippen LogP contribution is 2.48.